The van der Waals surface area contributed by atoms with E-state index >= 15 is 0 Å². The summed E-state index contributed by atoms with van der Waals surface area (Å²) in [6.07, 6.45) is 1.21. The standard InChI is InChI=1S/C13H13Cl2NO3/c14-9-3-8(4-10(15)5-9)1-2-13(19)16-6-11(17)12(18)7-16/h1-5,11-12,17-18H,6-7H2/b2-1+. The Hall–Kier alpha value is -1.07. The topological polar surface area (TPSA) is 60.8 Å². The zero-order chi connectivity index (χ0) is 14.0. The third-order valence-corrected chi connectivity index (χ3v) is 3.31. The van der Waals surface area contributed by atoms with E-state index in [-0.39, 0.29) is 19.0 Å². The Balaban J connectivity index is 2.04. The lowest BCUT2D eigenvalue weighted by molar-refractivity contribution is -0.125. The fourth-order valence-corrected chi connectivity index (χ4v) is 2.44. The van der Waals surface area contributed by atoms with Crippen LogP contribution in [0.1, 0.15) is 5.56 Å². The molecule has 6 heteroatoms. The maximum atomic E-state index is 11.8. The van der Waals surface area contributed by atoms with Crippen LogP contribution in [-0.4, -0.2) is 46.3 Å². The van der Waals surface area contributed by atoms with Gasteiger partial charge in [-0.2, -0.15) is 0 Å². The molecule has 1 aromatic rings. The van der Waals surface area contributed by atoms with Gasteiger partial charge in [-0.15, -0.1) is 0 Å². The van der Waals surface area contributed by atoms with Gasteiger partial charge in [-0.3, -0.25) is 4.79 Å². The van der Waals surface area contributed by atoms with Crippen molar-refractivity contribution in [3.63, 3.8) is 0 Å². The number of aliphatic hydroxyl groups is 2. The van der Waals surface area contributed by atoms with Crippen molar-refractivity contribution < 1.29 is 15.0 Å². The van der Waals surface area contributed by atoms with E-state index in [1.165, 1.54) is 11.0 Å². The molecule has 0 radical (unpaired) electrons. The number of rotatable bonds is 2. The molecule has 1 heterocycles. The minimum absolute atomic E-state index is 0.140. The Morgan fingerprint density at radius 1 is 1.16 bits per heavy atom. The van der Waals surface area contributed by atoms with Crippen molar-refractivity contribution in [2.45, 2.75) is 12.2 Å². The van der Waals surface area contributed by atoms with Gasteiger partial charge in [0.15, 0.2) is 0 Å². The molecule has 2 unspecified atom stereocenters. The molecule has 0 saturated carbocycles. The first kappa shape index (κ1) is 14.3. The summed E-state index contributed by atoms with van der Waals surface area (Å²) in [6, 6.07) is 4.98. The van der Waals surface area contributed by atoms with E-state index in [0.29, 0.717) is 15.6 Å². The molecule has 0 aromatic heterocycles. The molecule has 0 bridgehead atoms. The average Bonchev–Trinajstić information content (AvgIpc) is 2.65. The molecular formula is C13H13Cl2NO3. The number of hydrogen-bond donors (Lipinski definition) is 2. The highest BCUT2D eigenvalue weighted by molar-refractivity contribution is 6.34. The number of halogens is 2. The van der Waals surface area contributed by atoms with Gasteiger partial charge < -0.3 is 15.1 Å². The van der Waals surface area contributed by atoms with Gasteiger partial charge in [0, 0.05) is 29.2 Å². The lowest BCUT2D eigenvalue weighted by Gasteiger charge is -2.12. The van der Waals surface area contributed by atoms with E-state index in [2.05, 4.69) is 0 Å². The molecule has 1 aromatic carbocycles. The zero-order valence-electron chi connectivity index (χ0n) is 9.96. The van der Waals surface area contributed by atoms with E-state index in [9.17, 15) is 15.0 Å². The normalized spacial score (nSPS) is 23.3. The minimum Gasteiger partial charge on any atom is -0.388 e. The fourth-order valence-electron chi connectivity index (χ4n) is 1.89. The van der Waals surface area contributed by atoms with Gasteiger partial charge in [-0.1, -0.05) is 23.2 Å². The quantitative estimate of drug-likeness (QED) is 0.815. The van der Waals surface area contributed by atoms with E-state index in [0.717, 1.165) is 0 Å². The number of aliphatic hydroxyl groups excluding tert-OH is 2. The van der Waals surface area contributed by atoms with Crippen LogP contribution in [0, 0.1) is 0 Å². The molecule has 1 amide bonds. The van der Waals surface area contributed by atoms with Crippen molar-refractivity contribution in [1.82, 2.24) is 4.90 Å². The Morgan fingerprint density at radius 3 is 2.21 bits per heavy atom. The van der Waals surface area contributed by atoms with Crippen LogP contribution in [0.15, 0.2) is 24.3 Å². The highest BCUT2D eigenvalue weighted by atomic mass is 35.5. The molecule has 0 aliphatic carbocycles. The number of amides is 1. The number of carbonyl (C=O) groups excluding carboxylic acids is 1. The molecule has 2 atom stereocenters. The second-order valence-corrected chi connectivity index (χ2v) is 5.29. The highest BCUT2D eigenvalue weighted by Gasteiger charge is 2.31. The predicted molar refractivity (Wildman–Crippen MR) is 74.1 cm³/mol. The summed E-state index contributed by atoms with van der Waals surface area (Å²) < 4.78 is 0. The third kappa shape index (κ3) is 3.70. The summed E-state index contributed by atoms with van der Waals surface area (Å²) in [7, 11) is 0. The number of β-amino-alcohol motifs (C(OH)–C–C–N with tert-alkyl or cyclic N) is 2. The Bertz CT molecular complexity index is 488. The number of likely N-dealkylation sites (tertiary alicyclic amines) is 1. The van der Waals surface area contributed by atoms with Gasteiger partial charge >= 0.3 is 0 Å². The Labute approximate surface area is 120 Å². The lowest BCUT2D eigenvalue weighted by atomic mass is 10.2. The van der Waals surface area contributed by atoms with Gasteiger partial charge in [0.25, 0.3) is 0 Å². The van der Waals surface area contributed by atoms with Crippen LogP contribution < -0.4 is 0 Å². The van der Waals surface area contributed by atoms with Crippen molar-refractivity contribution >= 4 is 35.2 Å². The first-order valence-electron chi connectivity index (χ1n) is 5.75. The molecule has 1 saturated heterocycles. The lowest BCUT2D eigenvalue weighted by Crippen LogP contribution is -2.27. The van der Waals surface area contributed by atoms with Crippen LogP contribution in [0.5, 0.6) is 0 Å². The summed E-state index contributed by atoms with van der Waals surface area (Å²) in [6.45, 7) is 0.279. The van der Waals surface area contributed by atoms with Gasteiger partial charge in [-0.05, 0) is 29.8 Å². The van der Waals surface area contributed by atoms with Crippen LogP contribution in [0.2, 0.25) is 10.0 Å². The van der Waals surface area contributed by atoms with E-state index < -0.39 is 12.2 Å². The number of hydrogen-bond acceptors (Lipinski definition) is 3. The van der Waals surface area contributed by atoms with Crippen LogP contribution in [0.25, 0.3) is 6.08 Å². The molecule has 102 valence electrons. The second-order valence-electron chi connectivity index (χ2n) is 4.41. The fraction of sp³-hybridized carbons (Fsp3) is 0.308. The first-order valence-corrected chi connectivity index (χ1v) is 6.50. The maximum Gasteiger partial charge on any atom is 0.246 e. The molecule has 1 aliphatic rings. The molecular weight excluding hydrogens is 289 g/mol. The van der Waals surface area contributed by atoms with Crippen molar-refractivity contribution in [3.8, 4) is 0 Å². The molecule has 1 fully saturated rings. The van der Waals surface area contributed by atoms with Crippen molar-refractivity contribution in [1.29, 1.82) is 0 Å². The Morgan fingerprint density at radius 2 is 1.68 bits per heavy atom. The van der Waals surface area contributed by atoms with E-state index in [1.807, 2.05) is 0 Å². The van der Waals surface area contributed by atoms with Crippen LogP contribution in [-0.2, 0) is 4.79 Å². The Kier molecular flexibility index (Phi) is 4.47. The van der Waals surface area contributed by atoms with E-state index in [1.54, 1.807) is 24.3 Å². The third-order valence-electron chi connectivity index (χ3n) is 2.87. The van der Waals surface area contributed by atoms with Gasteiger partial charge in [0.1, 0.15) is 0 Å². The summed E-state index contributed by atoms with van der Waals surface area (Å²) in [4.78, 5) is 13.2. The average molecular weight is 302 g/mol. The van der Waals surface area contributed by atoms with Crippen LogP contribution in [0.3, 0.4) is 0 Å². The van der Waals surface area contributed by atoms with Crippen molar-refractivity contribution in [2.24, 2.45) is 0 Å². The highest BCUT2D eigenvalue weighted by Crippen LogP contribution is 2.20. The van der Waals surface area contributed by atoms with Crippen LogP contribution >= 0.6 is 23.2 Å². The smallest absolute Gasteiger partial charge is 0.246 e. The minimum atomic E-state index is -0.877. The van der Waals surface area contributed by atoms with Crippen molar-refractivity contribution in [2.75, 3.05) is 13.1 Å². The molecule has 4 nitrogen and oxygen atoms in total. The number of benzene rings is 1. The van der Waals surface area contributed by atoms with Gasteiger partial charge in [0.05, 0.1) is 12.2 Å². The first-order chi connectivity index (χ1) is 8.95. The van der Waals surface area contributed by atoms with Crippen molar-refractivity contribution in [3.05, 3.63) is 39.9 Å². The molecule has 2 rings (SSSR count). The largest absolute Gasteiger partial charge is 0.388 e. The summed E-state index contributed by atoms with van der Waals surface area (Å²) in [5, 5.41) is 19.7. The predicted octanol–water partition coefficient (Wildman–Crippen LogP) is 1.57. The zero-order valence-corrected chi connectivity index (χ0v) is 11.5. The van der Waals surface area contributed by atoms with E-state index in [4.69, 9.17) is 23.2 Å². The summed E-state index contributed by atoms with van der Waals surface area (Å²) in [5.74, 6) is -0.272. The number of nitrogens with zero attached hydrogens (tertiary/aromatic N) is 1. The number of carbonyl (C=O) groups is 1. The monoisotopic (exact) mass is 301 g/mol. The molecule has 19 heavy (non-hydrogen) atoms. The second kappa shape index (κ2) is 5.92. The molecule has 0 spiro atoms. The summed E-state index contributed by atoms with van der Waals surface area (Å²) >= 11 is 11.7. The summed E-state index contributed by atoms with van der Waals surface area (Å²) in [5.41, 5.74) is 0.714. The SMILES string of the molecule is O=C(/C=C/c1cc(Cl)cc(Cl)c1)N1CC(O)C(O)C1. The van der Waals surface area contributed by atoms with Gasteiger partial charge in [0.2, 0.25) is 5.91 Å². The van der Waals surface area contributed by atoms with Gasteiger partial charge in [-0.25, -0.2) is 0 Å². The van der Waals surface area contributed by atoms with Crippen LogP contribution in [0.4, 0.5) is 0 Å². The molecule has 1 aliphatic heterocycles. The maximum absolute atomic E-state index is 11.8. The molecule has 2 N–H and O–H groups in total.